The Morgan fingerprint density at radius 2 is 1.69 bits per heavy atom. The van der Waals surface area contributed by atoms with Crippen molar-refractivity contribution in [3.8, 4) is 5.75 Å². The fourth-order valence-corrected chi connectivity index (χ4v) is 2.84. The van der Waals surface area contributed by atoms with Crippen molar-refractivity contribution in [1.82, 2.24) is 4.90 Å². The number of hydrogen-bond acceptors (Lipinski definition) is 3. The van der Waals surface area contributed by atoms with Crippen molar-refractivity contribution < 1.29 is 9.53 Å². The summed E-state index contributed by atoms with van der Waals surface area (Å²) < 4.78 is 5.79. The molecular weight excluding hydrogens is 326 g/mol. The second-order valence-electron chi connectivity index (χ2n) is 6.48. The summed E-state index contributed by atoms with van der Waals surface area (Å²) in [4.78, 5) is 15.8. The average Bonchev–Trinajstić information content (AvgIpc) is 2.64. The standard InChI is InChI=1S/C21H29N3O2/c1-4-23(17(2)3)14-15-24(21(22)25)19-10-12-20(13-11-19)26-16-18-8-6-5-7-9-18/h5-13,17H,4,14-16H2,1-3H3,(H2,22,25). The summed E-state index contributed by atoms with van der Waals surface area (Å²) in [6.45, 7) is 9.21. The number of nitrogens with zero attached hydrogens (tertiary/aromatic N) is 2. The lowest BCUT2D eigenvalue weighted by Gasteiger charge is -2.28. The summed E-state index contributed by atoms with van der Waals surface area (Å²) >= 11 is 0. The van der Waals surface area contributed by atoms with Crippen LogP contribution in [-0.4, -0.2) is 36.6 Å². The van der Waals surface area contributed by atoms with Gasteiger partial charge in [-0.1, -0.05) is 37.3 Å². The highest BCUT2D eigenvalue weighted by Crippen LogP contribution is 2.20. The molecule has 0 atom stereocenters. The first-order valence-electron chi connectivity index (χ1n) is 9.09. The number of carbonyl (C=O) groups is 1. The maximum Gasteiger partial charge on any atom is 0.319 e. The molecule has 0 aliphatic rings. The second kappa shape index (κ2) is 9.82. The Morgan fingerprint density at radius 1 is 1.04 bits per heavy atom. The topological polar surface area (TPSA) is 58.8 Å². The van der Waals surface area contributed by atoms with Gasteiger partial charge in [-0.2, -0.15) is 0 Å². The lowest BCUT2D eigenvalue weighted by Crippen LogP contribution is -2.43. The van der Waals surface area contributed by atoms with Crippen molar-refractivity contribution in [2.75, 3.05) is 24.5 Å². The van der Waals surface area contributed by atoms with Gasteiger partial charge in [0.15, 0.2) is 0 Å². The molecule has 0 spiro atoms. The number of nitrogens with two attached hydrogens (primary N) is 1. The van der Waals surface area contributed by atoms with Crippen LogP contribution in [0.5, 0.6) is 5.75 Å². The first-order chi connectivity index (χ1) is 12.5. The van der Waals surface area contributed by atoms with Crippen molar-refractivity contribution in [2.45, 2.75) is 33.4 Å². The van der Waals surface area contributed by atoms with Crippen LogP contribution in [-0.2, 0) is 6.61 Å². The molecule has 2 amide bonds. The van der Waals surface area contributed by atoms with Crippen molar-refractivity contribution in [1.29, 1.82) is 0 Å². The molecule has 0 heterocycles. The predicted octanol–water partition coefficient (Wildman–Crippen LogP) is 3.88. The summed E-state index contributed by atoms with van der Waals surface area (Å²) in [5, 5.41) is 0. The Labute approximate surface area is 156 Å². The first kappa shape index (κ1) is 19.8. The van der Waals surface area contributed by atoms with Crippen LogP contribution in [0.4, 0.5) is 10.5 Å². The molecule has 0 fully saturated rings. The largest absolute Gasteiger partial charge is 0.489 e. The summed E-state index contributed by atoms with van der Waals surface area (Å²) in [5.41, 5.74) is 7.48. The van der Waals surface area contributed by atoms with Gasteiger partial charge in [-0.15, -0.1) is 0 Å². The fraction of sp³-hybridized carbons (Fsp3) is 0.381. The van der Waals surface area contributed by atoms with E-state index in [2.05, 4.69) is 25.7 Å². The molecular formula is C21H29N3O2. The Hall–Kier alpha value is -2.53. The molecule has 5 heteroatoms. The fourth-order valence-electron chi connectivity index (χ4n) is 2.84. The SMILES string of the molecule is CCN(CCN(C(N)=O)c1ccc(OCc2ccccc2)cc1)C(C)C. The number of likely N-dealkylation sites (N-methyl/N-ethyl adjacent to an activating group) is 1. The van der Waals surface area contributed by atoms with Gasteiger partial charge in [0.25, 0.3) is 0 Å². The van der Waals surface area contributed by atoms with E-state index in [0.29, 0.717) is 19.2 Å². The van der Waals surface area contributed by atoms with E-state index in [-0.39, 0.29) is 0 Å². The molecule has 0 unspecified atom stereocenters. The third-order valence-electron chi connectivity index (χ3n) is 4.41. The molecule has 5 nitrogen and oxygen atoms in total. The maximum atomic E-state index is 11.9. The van der Waals surface area contributed by atoms with Gasteiger partial charge in [0.2, 0.25) is 0 Å². The maximum absolute atomic E-state index is 11.9. The molecule has 0 saturated carbocycles. The van der Waals surface area contributed by atoms with Crippen LogP contribution in [0.25, 0.3) is 0 Å². The molecule has 26 heavy (non-hydrogen) atoms. The van der Waals surface area contributed by atoms with E-state index >= 15 is 0 Å². The third kappa shape index (κ3) is 5.77. The number of primary amides is 1. The van der Waals surface area contributed by atoms with E-state index in [1.807, 2.05) is 54.6 Å². The van der Waals surface area contributed by atoms with Crippen LogP contribution in [0, 0.1) is 0 Å². The number of ether oxygens (including phenoxy) is 1. The van der Waals surface area contributed by atoms with E-state index in [1.54, 1.807) is 4.90 Å². The molecule has 0 radical (unpaired) electrons. The number of amides is 2. The van der Waals surface area contributed by atoms with E-state index in [0.717, 1.165) is 30.1 Å². The summed E-state index contributed by atoms with van der Waals surface area (Å²) in [7, 11) is 0. The number of urea groups is 1. The van der Waals surface area contributed by atoms with E-state index in [1.165, 1.54) is 0 Å². The van der Waals surface area contributed by atoms with Crippen LogP contribution in [0.3, 0.4) is 0 Å². The van der Waals surface area contributed by atoms with Crippen molar-refractivity contribution >= 4 is 11.7 Å². The van der Waals surface area contributed by atoms with Gasteiger partial charge in [-0.05, 0) is 50.2 Å². The molecule has 0 aromatic heterocycles. The molecule has 0 aliphatic carbocycles. The van der Waals surface area contributed by atoms with Crippen LogP contribution in [0.15, 0.2) is 54.6 Å². The van der Waals surface area contributed by atoms with Gasteiger partial charge in [-0.25, -0.2) is 4.79 Å². The third-order valence-corrected chi connectivity index (χ3v) is 4.41. The molecule has 2 rings (SSSR count). The van der Waals surface area contributed by atoms with E-state index < -0.39 is 6.03 Å². The van der Waals surface area contributed by atoms with Crippen LogP contribution < -0.4 is 15.4 Å². The number of carbonyl (C=O) groups excluding carboxylic acids is 1. The second-order valence-corrected chi connectivity index (χ2v) is 6.48. The van der Waals surface area contributed by atoms with Crippen LogP contribution >= 0.6 is 0 Å². The highest BCUT2D eigenvalue weighted by molar-refractivity contribution is 5.90. The molecule has 2 N–H and O–H groups in total. The van der Waals surface area contributed by atoms with Gasteiger partial charge in [0.1, 0.15) is 12.4 Å². The molecule has 0 saturated heterocycles. The van der Waals surface area contributed by atoms with Crippen molar-refractivity contribution in [2.24, 2.45) is 5.73 Å². The number of benzene rings is 2. The minimum Gasteiger partial charge on any atom is -0.489 e. The van der Waals surface area contributed by atoms with Gasteiger partial charge in [0.05, 0.1) is 0 Å². The highest BCUT2D eigenvalue weighted by Gasteiger charge is 2.15. The van der Waals surface area contributed by atoms with Gasteiger partial charge in [0, 0.05) is 24.8 Å². The quantitative estimate of drug-likeness (QED) is 0.742. The Morgan fingerprint density at radius 3 is 2.23 bits per heavy atom. The van der Waals surface area contributed by atoms with Crippen LogP contribution in [0.1, 0.15) is 26.3 Å². The zero-order valence-electron chi connectivity index (χ0n) is 15.9. The normalized spacial score (nSPS) is 11.0. The van der Waals surface area contributed by atoms with Gasteiger partial charge < -0.3 is 10.5 Å². The average molecular weight is 355 g/mol. The van der Waals surface area contributed by atoms with E-state index in [4.69, 9.17) is 10.5 Å². The number of rotatable bonds is 9. The first-order valence-corrected chi connectivity index (χ1v) is 9.09. The molecule has 2 aromatic carbocycles. The number of anilines is 1. The van der Waals surface area contributed by atoms with Gasteiger partial charge >= 0.3 is 6.03 Å². The Kier molecular flexibility index (Phi) is 7.48. The molecule has 0 aliphatic heterocycles. The molecule has 2 aromatic rings. The predicted molar refractivity (Wildman–Crippen MR) is 107 cm³/mol. The van der Waals surface area contributed by atoms with E-state index in [9.17, 15) is 4.79 Å². The van der Waals surface area contributed by atoms with Crippen molar-refractivity contribution in [3.05, 3.63) is 60.2 Å². The molecule has 0 bridgehead atoms. The molecule has 140 valence electrons. The number of hydrogen-bond donors (Lipinski definition) is 1. The summed E-state index contributed by atoms with van der Waals surface area (Å²) in [6.07, 6.45) is 0. The lowest BCUT2D eigenvalue weighted by molar-refractivity contribution is 0.233. The summed E-state index contributed by atoms with van der Waals surface area (Å²) in [5.74, 6) is 0.763. The lowest BCUT2D eigenvalue weighted by atomic mass is 10.2. The summed E-state index contributed by atoms with van der Waals surface area (Å²) in [6, 6.07) is 17.5. The van der Waals surface area contributed by atoms with Crippen molar-refractivity contribution in [3.63, 3.8) is 0 Å². The monoisotopic (exact) mass is 355 g/mol. The zero-order chi connectivity index (χ0) is 18.9. The van der Waals surface area contributed by atoms with Crippen LogP contribution in [0.2, 0.25) is 0 Å². The minimum absolute atomic E-state index is 0.434. The smallest absolute Gasteiger partial charge is 0.319 e. The Bertz CT molecular complexity index is 671. The minimum atomic E-state index is -0.442. The Balaban J connectivity index is 1.97. The zero-order valence-corrected chi connectivity index (χ0v) is 15.9. The highest BCUT2D eigenvalue weighted by atomic mass is 16.5. The van der Waals surface area contributed by atoms with Gasteiger partial charge in [-0.3, -0.25) is 9.80 Å².